The highest BCUT2D eigenvalue weighted by Gasteiger charge is 2.28. The van der Waals surface area contributed by atoms with Crippen molar-refractivity contribution in [3.8, 4) is 39.3 Å². The molecule has 8 aromatic rings. The first-order valence-electron chi connectivity index (χ1n) is 15.7. The third kappa shape index (κ3) is 4.64. The first-order chi connectivity index (χ1) is 23.7. The monoisotopic (exact) mass is 602 g/mol. The maximum atomic E-state index is 7.05. The third-order valence-corrected chi connectivity index (χ3v) is 9.39. The molecule has 0 unspecified atom stereocenters. The van der Waals surface area contributed by atoms with E-state index in [1.165, 1.54) is 0 Å². The van der Waals surface area contributed by atoms with Crippen LogP contribution in [0.5, 0.6) is 0 Å². The van der Waals surface area contributed by atoms with Crippen LogP contribution in [-0.4, -0.2) is 72.3 Å². The Hall–Kier alpha value is -4.95. The van der Waals surface area contributed by atoms with E-state index >= 15 is 0 Å². The minimum atomic E-state index is 0.147. The molecule has 16 radical (unpaired) electrons. The topological polar surface area (TPSA) is 17.8 Å². The van der Waals surface area contributed by atoms with Gasteiger partial charge in [-0.25, -0.2) is 4.98 Å². The van der Waals surface area contributed by atoms with Gasteiger partial charge in [0.15, 0.2) is 0 Å². The molecule has 0 saturated heterocycles. The fraction of sp³-hybridized carbons (Fsp3) is 0. The molecule has 0 aliphatic rings. The van der Waals surface area contributed by atoms with Gasteiger partial charge in [0.05, 0.1) is 16.7 Å². The number of imidazole rings is 1. The Kier molecular flexibility index (Phi) is 7.59. The molecule has 7 aromatic carbocycles. The average Bonchev–Trinajstić information content (AvgIpc) is 3.53. The Morgan fingerprint density at radius 3 is 1.37 bits per heavy atom. The predicted octanol–water partition coefficient (Wildman–Crippen LogP) is 0.683. The first-order valence-corrected chi connectivity index (χ1v) is 15.7. The molecule has 0 aliphatic heterocycles. The van der Waals surface area contributed by atoms with Crippen LogP contribution in [0.4, 0.5) is 0 Å². The molecule has 0 spiro atoms. The Labute approximate surface area is 296 Å². The van der Waals surface area contributed by atoms with E-state index < -0.39 is 0 Å². The summed E-state index contributed by atoms with van der Waals surface area (Å²) in [6.45, 7) is 0. The Bertz CT molecular complexity index is 2550. The summed E-state index contributed by atoms with van der Waals surface area (Å²) in [4.78, 5) is 5.10. The van der Waals surface area contributed by atoms with Crippen LogP contribution in [0.1, 0.15) is 0 Å². The molecular weight excluding hydrogens is 583 g/mol. The van der Waals surface area contributed by atoms with Crippen LogP contribution in [0, 0.1) is 0 Å². The van der Waals surface area contributed by atoms with Crippen molar-refractivity contribution in [1.29, 1.82) is 0 Å². The fourth-order valence-corrected chi connectivity index (χ4v) is 7.02. The van der Waals surface area contributed by atoms with Gasteiger partial charge in [0.2, 0.25) is 0 Å². The maximum absolute atomic E-state index is 7.05. The molecule has 0 saturated carbocycles. The minimum absolute atomic E-state index is 0.147. The number of benzene rings is 7. The summed E-state index contributed by atoms with van der Waals surface area (Å²) in [6.07, 6.45) is 0. The SMILES string of the molecule is [B]c1c([B])c([B])c2c(-n3c(-c4ccccc4)nc4ccccc43)c3c([B])c([B])c([B])c([B])c3c(-c3ccccc3-c3ccccc3)c2c1[B]. The van der Waals surface area contributed by atoms with E-state index in [0.717, 1.165) is 33.3 Å². The van der Waals surface area contributed by atoms with Crippen LogP contribution >= 0.6 is 0 Å². The molecule has 0 bridgehead atoms. The van der Waals surface area contributed by atoms with Crippen molar-refractivity contribution in [2.24, 2.45) is 0 Å². The van der Waals surface area contributed by atoms with Crippen LogP contribution in [0.25, 0.3) is 71.9 Å². The van der Waals surface area contributed by atoms with Crippen molar-refractivity contribution in [3.63, 3.8) is 0 Å². The molecule has 49 heavy (non-hydrogen) atoms. The van der Waals surface area contributed by atoms with E-state index in [0.29, 0.717) is 38.6 Å². The lowest BCUT2D eigenvalue weighted by Gasteiger charge is -2.30. The van der Waals surface area contributed by atoms with Crippen molar-refractivity contribution in [1.82, 2.24) is 9.55 Å². The lowest BCUT2D eigenvalue weighted by molar-refractivity contribution is 1.13. The van der Waals surface area contributed by atoms with E-state index in [2.05, 4.69) is 0 Å². The number of hydrogen-bond donors (Lipinski definition) is 0. The number of fused-ring (bicyclic) bond motifs is 3. The molecule has 0 atom stereocenters. The van der Waals surface area contributed by atoms with Gasteiger partial charge in [-0.15, -0.1) is 21.9 Å². The molecular formula is C39H18B8N2. The zero-order chi connectivity index (χ0) is 34.1. The van der Waals surface area contributed by atoms with Crippen molar-refractivity contribution in [2.75, 3.05) is 0 Å². The lowest BCUT2D eigenvalue weighted by atomic mass is 9.60. The Morgan fingerprint density at radius 1 is 0.388 bits per heavy atom. The second kappa shape index (κ2) is 11.9. The van der Waals surface area contributed by atoms with Crippen molar-refractivity contribution >= 4 is 139 Å². The van der Waals surface area contributed by atoms with Gasteiger partial charge in [0, 0.05) is 5.56 Å². The normalized spacial score (nSPS) is 11.5. The predicted molar refractivity (Wildman–Crippen MR) is 215 cm³/mol. The van der Waals surface area contributed by atoms with E-state index in [1.807, 2.05) is 114 Å². The van der Waals surface area contributed by atoms with Gasteiger partial charge in [0.1, 0.15) is 68.6 Å². The standard InChI is InChI=1S/C39H18B8N2/c40-30-26-25(22-16-8-7-15-21(22)19-11-3-1-4-12-19)27-29(33(43)37(47)35(45)31(27)41)38(28(26)32(42)36(46)34(30)44)49-24-18-10-9-17-23(24)48-39(49)20-13-5-2-6-14-20/h1-18H. The van der Waals surface area contributed by atoms with Crippen molar-refractivity contribution in [2.45, 2.75) is 0 Å². The molecule has 2 nitrogen and oxygen atoms in total. The quantitative estimate of drug-likeness (QED) is 0.215. The highest BCUT2D eigenvalue weighted by molar-refractivity contribution is 6.71. The zero-order valence-electron chi connectivity index (χ0n) is 26.4. The highest BCUT2D eigenvalue weighted by atomic mass is 15.1. The number of aromatic nitrogens is 2. The first kappa shape index (κ1) is 31.3. The van der Waals surface area contributed by atoms with E-state index in [1.54, 1.807) is 0 Å². The number of hydrogen-bond acceptors (Lipinski definition) is 1. The maximum Gasteiger partial charge on any atom is 0.145 e. The van der Waals surface area contributed by atoms with Gasteiger partial charge in [-0.2, -0.15) is 0 Å². The zero-order valence-corrected chi connectivity index (χ0v) is 26.4. The number of para-hydroxylation sites is 2. The fourth-order valence-electron chi connectivity index (χ4n) is 7.02. The van der Waals surface area contributed by atoms with Crippen LogP contribution in [0.2, 0.25) is 0 Å². The molecule has 0 aliphatic carbocycles. The van der Waals surface area contributed by atoms with Gasteiger partial charge < -0.3 is 0 Å². The van der Waals surface area contributed by atoms with Gasteiger partial charge >= 0.3 is 0 Å². The molecule has 0 N–H and O–H groups in total. The summed E-state index contributed by atoms with van der Waals surface area (Å²) in [7, 11) is 54.8. The van der Waals surface area contributed by atoms with E-state index in [4.69, 9.17) is 67.8 Å². The summed E-state index contributed by atoms with van der Waals surface area (Å²) in [5.41, 5.74) is 7.78. The molecule has 0 amide bonds. The number of nitrogens with zero attached hydrogens (tertiary/aromatic N) is 2. The summed E-state index contributed by atoms with van der Waals surface area (Å²) >= 11 is 0. The van der Waals surface area contributed by atoms with E-state index in [-0.39, 0.29) is 43.7 Å². The minimum Gasteiger partial charge on any atom is -0.291 e. The number of rotatable bonds is 4. The molecule has 208 valence electrons. The summed E-state index contributed by atoms with van der Waals surface area (Å²) < 4.78 is 2.01. The summed E-state index contributed by atoms with van der Waals surface area (Å²) in [5, 5.41) is 2.12. The van der Waals surface area contributed by atoms with Crippen molar-refractivity contribution < 1.29 is 0 Å². The van der Waals surface area contributed by atoms with Crippen LogP contribution in [-0.2, 0) is 0 Å². The Balaban J connectivity index is 1.72. The molecule has 1 aromatic heterocycles. The highest BCUT2D eigenvalue weighted by Crippen LogP contribution is 2.43. The molecule has 8 rings (SSSR count). The molecule has 1 heterocycles. The van der Waals surface area contributed by atoms with Crippen LogP contribution in [0.3, 0.4) is 0 Å². The van der Waals surface area contributed by atoms with Gasteiger partial charge in [-0.3, -0.25) is 4.57 Å². The van der Waals surface area contributed by atoms with E-state index in [9.17, 15) is 0 Å². The third-order valence-electron chi connectivity index (χ3n) is 9.39. The summed E-state index contributed by atoms with van der Waals surface area (Å²) in [6, 6.07) is 35.6. The van der Waals surface area contributed by atoms with Gasteiger partial charge in [-0.1, -0.05) is 119 Å². The smallest absolute Gasteiger partial charge is 0.145 e. The van der Waals surface area contributed by atoms with Gasteiger partial charge in [0.25, 0.3) is 0 Å². The second-order valence-corrected chi connectivity index (χ2v) is 12.1. The molecule has 0 fully saturated rings. The van der Waals surface area contributed by atoms with Crippen LogP contribution in [0.15, 0.2) is 109 Å². The van der Waals surface area contributed by atoms with Crippen LogP contribution < -0.4 is 43.7 Å². The average molecular weight is 601 g/mol. The summed E-state index contributed by atoms with van der Waals surface area (Å²) in [5.74, 6) is 0.628. The van der Waals surface area contributed by atoms with Crippen molar-refractivity contribution in [3.05, 3.63) is 109 Å². The molecule has 10 heteroatoms. The second-order valence-electron chi connectivity index (χ2n) is 12.1. The van der Waals surface area contributed by atoms with Gasteiger partial charge in [-0.05, 0) is 55.9 Å². The Morgan fingerprint density at radius 2 is 0.816 bits per heavy atom. The largest absolute Gasteiger partial charge is 0.291 e. The lowest BCUT2D eigenvalue weighted by Crippen LogP contribution is -2.50.